The van der Waals surface area contributed by atoms with E-state index < -0.39 is 0 Å². The zero-order valence-corrected chi connectivity index (χ0v) is 9.12. The maximum Gasteiger partial charge on any atom is 0.128 e. The molecular weight excluding hydrogens is 190 g/mol. The van der Waals surface area contributed by atoms with Gasteiger partial charge in [0.2, 0.25) is 0 Å². The largest absolute Gasteiger partial charge is 0.375 e. The van der Waals surface area contributed by atoms with Crippen LogP contribution >= 0.6 is 0 Å². The van der Waals surface area contributed by atoms with Crippen molar-refractivity contribution < 1.29 is 4.74 Å². The molecule has 4 nitrogen and oxygen atoms in total. The predicted molar refractivity (Wildman–Crippen MR) is 57.6 cm³/mol. The molecule has 1 aromatic rings. The first-order valence-corrected chi connectivity index (χ1v) is 5.46. The van der Waals surface area contributed by atoms with Crippen LogP contribution < -0.4 is 5.32 Å². The van der Waals surface area contributed by atoms with Crippen LogP contribution in [0.2, 0.25) is 0 Å². The minimum atomic E-state index is 0.650. The summed E-state index contributed by atoms with van der Waals surface area (Å²) in [5.74, 6) is 0.939. The van der Waals surface area contributed by atoms with Crippen molar-refractivity contribution in [3.63, 3.8) is 0 Å². The first kappa shape index (κ1) is 10.5. The molecule has 0 aliphatic carbocycles. The Bertz CT molecular complexity index is 328. The lowest BCUT2D eigenvalue weighted by Gasteiger charge is -2.15. The van der Waals surface area contributed by atoms with Crippen LogP contribution in [-0.2, 0) is 24.2 Å². The Labute approximate surface area is 90.1 Å². The van der Waals surface area contributed by atoms with Crippen LogP contribution in [-0.4, -0.2) is 30.2 Å². The number of hydrogen-bond acceptors (Lipinski definition) is 4. The van der Waals surface area contributed by atoms with Crippen LogP contribution in [0.15, 0.2) is 6.20 Å². The van der Waals surface area contributed by atoms with Gasteiger partial charge in [0.1, 0.15) is 5.82 Å². The second kappa shape index (κ2) is 5.19. The molecule has 15 heavy (non-hydrogen) atoms. The summed E-state index contributed by atoms with van der Waals surface area (Å²) in [6, 6.07) is 0. The van der Waals surface area contributed by atoms with E-state index in [1.807, 2.05) is 13.2 Å². The summed E-state index contributed by atoms with van der Waals surface area (Å²) in [4.78, 5) is 8.89. The van der Waals surface area contributed by atoms with Crippen molar-refractivity contribution in [1.82, 2.24) is 15.3 Å². The van der Waals surface area contributed by atoms with Gasteiger partial charge in [-0.1, -0.05) is 0 Å². The lowest BCUT2D eigenvalue weighted by atomic mass is 10.1. The summed E-state index contributed by atoms with van der Waals surface area (Å²) in [7, 11) is 1.96. The van der Waals surface area contributed by atoms with Crippen molar-refractivity contribution in [3.8, 4) is 0 Å². The molecule has 1 aliphatic heterocycles. The molecule has 4 heteroatoms. The van der Waals surface area contributed by atoms with Gasteiger partial charge in [-0.05, 0) is 32.0 Å². The molecule has 0 spiro atoms. The number of nitrogens with zero attached hydrogens (tertiary/aromatic N) is 2. The molecule has 1 N–H and O–H groups in total. The van der Waals surface area contributed by atoms with Crippen LogP contribution in [0, 0.1) is 0 Å². The average molecular weight is 207 g/mol. The molecule has 0 bridgehead atoms. The van der Waals surface area contributed by atoms with Crippen molar-refractivity contribution in [2.75, 3.05) is 20.2 Å². The summed E-state index contributed by atoms with van der Waals surface area (Å²) in [6.45, 7) is 2.46. The fraction of sp³-hybridized carbons (Fsp3) is 0.636. The van der Waals surface area contributed by atoms with Crippen molar-refractivity contribution >= 4 is 0 Å². The number of hydrogen-bond donors (Lipinski definition) is 1. The molecule has 0 saturated heterocycles. The Morgan fingerprint density at radius 1 is 1.53 bits per heavy atom. The highest BCUT2D eigenvalue weighted by molar-refractivity contribution is 5.18. The van der Waals surface area contributed by atoms with Gasteiger partial charge in [0.25, 0.3) is 0 Å². The maximum atomic E-state index is 5.37. The molecule has 1 aliphatic rings. The van der Waals surface area contributed by atoms with Crippen LogP contribution in [0.5, 0.6) is 0 Å². The number of nitrogens with one attached hydrogen (secondary N) is 1. The third-order valence-electron chi connectivity index (χ3n) is 2.59. The van der Waals surface area contributed by atoms with Crippen LogP contribution in [0.25, 0.3) is 0 Å². The number of rotatable bonds is 4. The number of ether oxygens (including phenoxy) is 1. The first-order chi connectivity index (χ1) is 7.40. The first-order valence-electron chi connectivity index (χ1n) is 5.46. The predicted octanol–water partition coefficient (Wildman–Crippen LogP) is 0.701. The van der Waals surface area contributed by atoms with Crippen LogP contribution in [0.1, 0.15) is 23.5 Å². The van der Waals surface area contributed by atoms with Gasteiger partial charge >= 0.3 is 0 Å². The van der Waals surface area contributed by atoms with E-state index in [0.717, 1.165) is 43.9 Å². The number of fused-ring (bicyclic) bond motifs is 1. The maximum absolute atomic E-state index is 5.37. The minimum Gasteiger partial charge on any atom is -0.375 e. The Balaban J connectivity index is 2.00. The molecule has 0 radical (unpaired) electrons. The lowest BCUT2D eigenvalue weighted by molar-refractivity contribution is 0.107. The van der Waals surface area contributed by atoms with Crippen molar-refractivity contribution in [2.45, 2.75) is 25.9 Å². The van der Waals surface area contributed by atoms with Gasteiger partial charge in [-0.3, -0.25) is 0 Å². The smallest absolute Gasteiger partial charge is 0.128 e. The summed E-state index contributed by atoms with van der Waals surface area (Å²) < 4.78 is 5.37. The van der Waals surface area contributed by atoms with E-state index in [4.69, 9.17) is 4.74 Å². The molecule has 0 fully saturated rings. The monoisotopic (exact) mass is 207 g/mol. The van der Waals surface area contributed by atoms with E-state index in [2.05, 4.69) is 15.3 Å². The molecule has 0 atom stereocenters. The second-order valence-electron chi connectivity index (χ2n) is 3.77. The lowest BCUT2D eigenvalue weighted by Crippen LogP contribution is -2.15. The highest BCUT2D eigenvalue weighted by atomic mass is 16.5. The second-order valence-corrected chi connectivity index (χ2v) is 3.77. The van der Waals surface area contributed by atoms with Gasteiger partial charge in [0, 0.05) is 12.6 Å². The molecular formula is C11H17N3O. The molecule has 82 valence electrons. The third kappa shape index (κ3) is 2.73. The van der Waals surface area contributed by atoms with E-state index in [-0.39, 0.29) is 0 Å². The van der Waals surface area contributed by atoms with E-state index in [1.165, 1.54) is 5.56 Å². The zero-order valence-electron chi connectivity index (χ0n) is 9.12. The van der Waals surface area contributed by atoms with Crippen LogP contribution in [0.3, 0.4) is 0 Å². The Morgan fingerprint density at radius 2 is 2.47 bits per heavy atom. The standard InChI is InChI=1S/C11H17N3O/c1-12-5-2-3-11-13-7-9-4-6-15-8-10(9)14-11/h7,12H,2-6,8H2,1H3. The summed E-state index contributed by atoms with van der Waals surface area (Å²) in [5.41, 5.74) is 2.33. The molecule has 1 aromatic heterocycles. The summed E-state index contributed by atoms with van der Waals surface area (Å²) in [6.07, 6.45) is 4.93. The Hall–Kier alpha value is -1.00. The van der Waals surface area contributed by atoms with Gasteiger partial charge in [-0.25, -0.2) is 9.97 Å². The van der Waals surface area contributed by atoms with Crippen molar-refractivity contribution in [1.29, 1.82) is 0 Å². The van der Waals surface area contributed by atoms with Crippen LogP contribution in [0.4, 0.5) is 0 Å². The molecule has 2 rings (SSSR count). The van der Waals surface area contributed by atoms with E-state index in [9.17, 15) is 0 Å². The van der Waals surface area contributed by atoms with E-state index >= 15 is 0 Å². The SMILES string of the molecule is CNCCCc1ncc2c(n1)COCC2. The average Bonchev–Trinajstić information content (AvgIpc) is 2.29. The van der Waals surface area contributed by atoms with Gasteiger partial charge in [0.15, 0.2) is 0 Å². The quantitative estimate of drug-likeness (QED) is 0.738. The molecule has 0 amide bonds. The fourth-order valence-corrected chi connectivity index (χ4v) is 1.71. The zero-order chi connectivity index (χ0) is 10.5. The summed E-state index contributed by atoms with van der Waals surface area (Å²) >= 11 is 0. The van der Waals surface area contributed by atoms with Crippen molar-refractivity contribution in [2.24, 2.45) is 0 Å². The molecule has 0 aromatic carbocycles. The van der Waals surface area contributed by atoms with Crippen molar-refractivity contribution in [3.05, 3.63) is 23.3 Å². The third-order valence-corrected chi connectivity index (χ3v) is 2.59. The topological polar surface area (TPSA) is 47.0 Å². The molecule has 0 saturated carbocycles. The molecule has 2 heterocycles. The summed E-state index contributed by atoms with van der Waals surface area (Å²) in [5, 5.41) is 3.12. The number of aromatic nitrogens is 2. The van der Waals surface area contributed by atoms with E-state index in [0.29, 0.717) is 6.61 Å². The fourth-order valence-electron chi connectivity index (χ4n) is 1.71. The van der Waals surface area contributed by atoms with Gasteiger partial charge < -0.3 is 10.1 Å². The van der Waals surface area contributed by atoms with Gasteiger partial charge in [-0.15, -0.1) is 0 Å². The van der Waals surface area contributed by atoms with Gasteiger partial charge in [0.05, 0.1) is 18.9 Å². The Kier molecular flexibility index (Phi) is 3.64. The number of aryl methyl sites for hydroxylation is 1. The highest BCUT2D eigenvalue weighted by Gasteiger charge is 2.11. The minimum absolute atomic E-state index is 0.650. The molecule has 0 unspecified atom stereocenters. The Morgan fingerprint density at radius 3 is 3.33 bits per heavy atom. The van der Waals surface area contributed by atoms with E-state index in [1.54, 1.807) is 0 Å². The normalized spacial score (nSPS) is 15.0. The van der Waals surface area contributed by atoms with Gasteiger partial charge in [-0.2, -0.15) is 0 Å². The highest BCUT2D eigenvalue weighted by Crippen LogP contribution is 2.13.